The molecule has 1 saturated heterocycles. The summed E-state index contributed by atoms with van der Waals surface area (Å²) in [5, 5.41) is 5.78. The van der Waals surface area contributed by atoms with E-state index in [1.807, 2.05) is 26.0 Å². The number of carbonyl (C=O) groups is 2. The highest BCUT2D eigenvalue weighted by molar-refractivity contribution is 6.13. The maximum atomic E-state index is 12.6. The summed E-state index contributed by atoms with van der Waals surface area (Å²) in [5.41, 5.74) is 1.08. The van der Waals surface area contributed by atoms with Gasteiger partial charge in [0.1, 0.15) is 5.41 Å². The molecule has 3 rings (SSSR count). The topological polar surface area (TPSA) is 61.4 Å². The van der Waals surface area contributed by atoms with E-state index in [9.17, 15) is 9.59 Å². The fraction of sp³-hybridized carbons (Fsp3) is 0.600. The summed E-state index contributed by atoms with van der Waals surface area (Å²) in [5.74, 6) is 0.464. The van der Waals surface area contributed by atoms with E-state index < -0.39 is 5.41 Å². The molecule has 1 aromatic carbocycles. The van der Waals surface area contributed by atoms with Crippen LogP contribution in [0, 0.1) is 11.3 Å². The van der Waals surface area contributed by atoms with Crippen LogP contribution in [0.25, 0.3) is 0 Å². The lowest BCUT2D eigenvalue weighted by Crippen LogP contribution is -2.42. The summed E-state index contributed by atoms with van der Waals surface area (Å²) < 4.78 is 0. The lowest BCUT2D eigenvalue weighted by molar-refractivity contribution is -0.134. The van der Waals surface area contributed by atoms with Crippen molar-refractivity contribution in [2.75, 3.05) is 23.3 Å². The molecule has 0 spiro atoms. The normalized spacial score (nSPS) is 19.6. The predicted octanol–water partition coefficient (Wildman–Crippen LogP) is 3.17. The van der Waals surface area contributed by atoms with Crippen molar-refractivity contribution < 1.29 is 9.59 Å². The summed E-state index contributed by atoms with van der Waals surface area (Å²) >= 11 is 0. The molecular formula is C20H29N3O2. The van der Waals surface area contributed by atoms with E-state index in [-0.39, 0.29) is 17.9 Å². The molecule has 1 aromatic rings. The maximum Gasteiger partial charge on any atom is 0.240 e. The van der Waals surface area contributed by atoms with Crippen LogP contribution in [-0.2, 0) is 9.59 Å². The van der Waals surface area contributed by atoms with E-state index in [0.29, 0.717) is 12.8 Å². The van der Waals surface area contributed by atoms with Crippen molar-refractivity contribution in [3.05, 3.63) is 24.3 Å². The van der Waals surface area contributed by atoms with Gasteiger partial charge in [-0.1, -0.05) is 6.92 Å². The summed E-state index contributed by atoms with van der Waals surface area (Å²) in [7, 11) is 0. The van der Waals surface area contributed by atoms with Crippen molar-refractivity contribution in [2.45, 2.75) is 52.5 Å². The van der Waals surface area contributed by atoms with Gasteiger partial charge in [0.2, 0.25) is 11.8 Å². The van der Waals surface area contributed by atoms with Crippen molar-refractivity contribution in [1.82, 2.24) is 5.32 Å². The number of nitrogens with zero attached hydrogens (tertiary/aromatic N) is 1. The number of anilines is 2. The molecule has 2 N–H and O–H groups in total. The number of benzene rings is 1. The third kappa shape index (κ3) is 3.97. The zero-order chi connectivity index (χ0) is 18.0. The minimum Gasteiger partial charge on any atom is -0.372 e. The average molecular weight is 343 g/mol. The smallest absolute Gasteiger partial charge is 0.240 e. The predicted molar refractivity (Wildman–Crippen MR) is 101 cm³/mol. The van der Waals surface area contributed by atoms with Gasteiger partial charge in [-0.25, -0.2) is 0 Å². The standard InChI is InChI=1S/C20H29N3O2/c1-14(2)21-18(24)20(10-11-20)19(25)22-16-4-6-17(7-5-16)23-12-8-15(3)9-13-23/h4-7,14-15H,8-13H2,1-3H3,(H,21,24)(H,22,25). The lowest BCUT2D eigenvalue weighted by Gasteiger charge is -2.32. The zero-order valence-electron chi connectivity index (χ0n) is 15.5. The Balaban J connectivity index is 1.60. The molecule has 0 aromatic heterocycles. The molecule has 136 valence electrons. The van der Waals surface area contributed by atoms with Gasteiger partial charge in [-0.15, -0.1) is 0 Å². The van der Waals surface area contributed by atoms with Crippen LogP contribution < -0.4 is 15.5 Å². The van der Waals surface area contributed by atoms with Gasteiger partial charge in [0, 0.05) is 30.5 Å². The first-order valence-electron chi connectivity index (χ1n) is 9.38. The summed E-state index contributed by atoms with van der Waals surface area (Å²) in [6, 6.07) is 8.02. The van der Waals surface area contributed by atoms with Crippen LogP contribution in [0.15, 0.2) is 24.3 Å². The van der Waals surface area contributed by atoms with E-state index in [2.05, 4.69) is 34.6 Å². The maximum absolute atomic E-state index is 12.6. The van der Waals surface area contributed by atoms with E-state index in [4.69, 9.17) is 0 Å². The molecule has 1 heterocycles. The molecule has 0 bridgehead atoms. The van der Waals surface area contributed by atoms with Crippen LogP contribution in [-0.4, -0.2) is 30.9 Å². The SMILES string of the molecule is CC1CCN(c2ccc(NC(=O)C3(C(=O)NC(C)C)CC3)cc2)CC1. The molecule has 25 heavy (non-hydrogen) atoms. The van der Waals surface area contributed by atoms with Gasteiger partial charge in [0.25, 0.3) is 0 Å². The quantitative estimate of drug-likeness (QED) is 0.807. The Hall–Kier alpha value is -2.04. The Morgan fingerprint density at radius 2 is 1.68 bits per heavy atom. The van der Waals surface area contributed by atoms with Gasteiger partial charge in [0.05, 0.1) is 0 Å². The summed E-state index contributed by atoms with van der Waals surface area (Å²) in [4.78, 5) is 27.2. The largest absolute Gasteiger partial charge is 0.372 e. The summed E-state index contributed by atoms with van der Waals surface area (Å²) in [6.45, 7) is 8.30. The molecule has 5 nitrogen and oxygen atoms in total. The Morgan fingerprint density at radius 3 is 2.20 bits per heavy atom. The van der Waals surface area contributed by atoms with E-state index in [1.165, 1.54) is 18.5 Å². The Bertz CT molecular complexity index is 627. The van der Waals surface area contributed by atoms with E-state index >= 15 is 0 Å². The highest BCUT2D eigenvalue weighted by Gasteiger charge is 2.56. The molecule has 2 aliphatic rings. The number of nitrogens with one attached hydrogen (secondary N) is 2. The molecule has 1 aliphatic heterocycles. The van der Waals surface area contributed by atoms with Crippen molar-refractivity contribution in [3.8, 4) is 0 Å². The summed E-state index contributed by atoms with van der Waals surface area (Å²) in [6.07, 6.45) is 3.71. The van der Waals surface area contributed by atoms with Crippen molar-refractivity contribution in [1.29, 1.82) is 0 Å². The molecule has 0 atom stereocenters. The van der Waals surface area contributed by atoms with E-state index in [0.717, 1.165) is 24.7 Å². The average Bonchev–Trinajstić information content (AvgIpc) is 3.38. The number of carbonyl (C=O) groups excluding carboxylic acids is 2. The Morgan fingerprint density at radius 1 is 1.08 bits per heavy atom. The minimum absolute atomic E-state index is 0.0457. The minimum atomic E-state index is -0.869. The third-order valence-corrected chi connectivity index (χ3v) is 5.31. The van der Waals surface area contributed by atoms with Crippen molar-refractivity contribution in [2.24, 2.45) is 11.3 Å². The molecule has 0 unspecified atom stereocenters. The second-order valence-corrected chi connectivity index (χ2v) is 7.88. The number of rotatable bonds is 5. The first-order valence-corrected chi connectivity index (χ1v) is 9.38. The lowest BCUT2D eigenvalue weighted by atomic mass is 9.99. The zero-order valence-corrected chi connectivity index (χ0v) is 15.5. The molecule has 1 saturated carbocycles. The molecule has 0 radical (unpaired) electrons. The molecule has 2 fully saturated rings. The third-order valence-electron chi connectivity index (χ3n) is 5.31. The fourth-order valence-electron chi connectivity index (χ4n) is 3.36. The van der Waals surface area contributed by atoms with Crippen LogP contribution in [0.2, 0.25) is 0 Å². The first-order chi connectivity index (χ1) is 11.9. The van der Waals surface area contributed by atoms with Crippen LogP contribution in [0.4, 0.5) is 11.4 Å². The highest BCUT2D eigenvalue weighted by atomic mass is 16.2. The first kappa shape index (κ1) is 17.8. The monoisotopic (exact) mass is 343 g/mol. The Kier molecular flexibility index (Phi) is 5.02. The van der Waals surface area contributed by atoms with Gasteiger partial charge < -0.3 is 15.5 Å². The van der Waals surface area contributed by atoms with Gasteiger partial charge in [0.15, 0.2) is 0 Å². The van der Waals surface area contributed by atoms with Crippen molar-refractivity contribution in [3.63, 3.8) is 0 Å². The fourth-order valence-corrected chi connectivity index (χ4v) is 3.36. The second-order valence-electron chi connectivity index (χ2n) is 7.88. The number of amides is 2. The van der Waals surface area contributed by atoms with Crippen molar-refractivity contribution >= 4 is 23.2 Å². The number of hydrogen-bond donors (Lipinski definition) is 2. The van der Waals surface area contributed by atoms with Crippen LogP contribution in [0.1, 0.15) is 46.5 Å². The van der Waals surface area contributed by atoms with Crippen LogP contribution in [0.3, 0.4) is 0 Å². The van der Waals surface area contributed by atoms with Gasteiger partial charge in [-0.05, 0) is 69.7 Å². The number of piperidine rings is 1. The van der Waals surface area contributed by atoms with Gasteiger partial charge >= 0.3 is 0 Å². The highest BCUT2D eigenvalue weighted by Crippen LogP contribution is 2.47. The second kappa shape index (κ2) is 7.06. The molecular weight excluding hydrogens is 314 g/mol. The molecule has 1 aliphatic carbocycles. The molecule has 5 heteroatoms. The Labute approximate surface area is 150 Å². The number of hydrogen-bond acceptors (Lipinski definition) is 3. The van der Waals surface area contributed by atoms with Crippen LogP contribution >= 0.6 is 0 Å². The van der Waals surface area contributed by atoms with E-state index in [1.54, 1.807) is 0 Å². The van der Waals surface area contributed by atoms with Gasteiger partial charge in [-0.3, -0.25) is 9.59 Å². The van der Waals surface area contributed by atoms with Crippen LogP contribution in [0.5, 0.6) is 0 Å². The molecule has 2 amide bonds. The van der Waals surface area contributed by atoms with Gasteiger partial charge in [-0.2, -0.15) is 0 Å².